The van der Waals surface area contributed by atoms with E-state index >= 15 is 0 Å². The van der Waals surface area contributed by atoms with Gasteiger partial charge in [-0.1, -0.05) is 24.3 Å². The number of anilines is 1. The Balaban J connectivity index is 1.87. The molecule has 0 aliphatic heterocycles. The molecule has 24 heavy (non-hydrogen) atoms. The molecule has 0 fully saturated rings. The second-order valence-corrected chi connectivity index (χ2v) is 5.39. The monoisotopic (exact) mass is 340 g/mol. The lowest BCUT2D eigenvalue weighted by Gasteiger charge is -2.05. The highest BCUT2D eigenvalue weighted by Crippen LogP contribution is 2.31. The van der Waals surface area contributed by atoms with Gasteiger partial charge < -0.3 is 9.73 Å². The Hall–Kier alpha value is -3.06. The fourth-order valence-electron chi connectivity index (χ4n) is 2.21. The van der Waals surface area contributed by atoms with Crippen molar-refractivity contribution in [3.8, 4) is 11.3 Å². The first-order valence-corrected chi connectivity index (χ1v) is 7.44. The van der Waals surface area contributed by atoms with Crippen LogP contribution in [0.25, 0.3) is 11.3 Å². The molecular weight excluding hydrogens is 328 g/mol. The Labute approximate surface area is 142 Å². The molecule has 1 amide bonds. The van der Waals surface area contributed by atoms with E-state index in [9.17, 15) is 14.9 Å². The van der Waals surface area contributed by atoms with Crippen LogP contribution < -0.4 is 5.32 Å². The summed E-state index contributed by atoms with van der Waals surface area (Å²) in [5.41, 5.74) is 0.783. The van der Waals surface area contributed by atoms with Crippen LogP contribution in [0.2, 0.25) is 0 Å². The Morgan fingerprint density at radius 2 is 1.75 bits per heavy atom. The van der Waals surface area contributed by atoms with Gasteiger partial charge >= 0.3 is 0 Å². The number of nitrogens with one attached hydrogen (secondary N) is 1. The topological polar surface area (TPSA) is 85.4 Å². The number of nitrogens with zero attached hydrogens (tertiary/aromatic N) is 1. The summed E-state index contributed by atoms with van der Waals surface area (Å²) in [6.07, 6.45) is 0. The molecule has 7 heteroatoms. The number of thiol groups is 1. The second-order valence-electron chi connectivity index (χ2n) is 4.91. The quantitative estimate of drug-likeness (QED) is 0.419. The predicted octanol–water partition coefficient (Wildman–Crippen LogP) is 4.40. The van der Waals surface area contributed by atoms with E-state index in [1.165, 1.54) is 18.2 Å². The zero-order chi connectivity index (χ0) is 17.1. The number of carbonyl (C=O) groups is 1. The molecule has 0 aliphatic carbocycles. The van der Waals surface area contributed by atoms with Gasteiger partial charge in [0, 0.05) is 11.0 Å². The highest BCUT2D eigenvalue weighted by molar-refractivity contribution is 7.80. The van der Waals surface area contributed by atoms with Crippen molar-refractivity contribution in [3.63, 3.8) is 0 Å². The predicted molar refractivity (Wildman–Crippen MR) is 92.4 cm³/mol. The summed E-state index contributed by atoms with van der Waals surface area (Å²) in [4.78, 5) is 23.5. The van der Waals surface area contributed by atoms with Crippen LogP contribution in [0.1, 0.15) is 10.6 Å². The molecule has 0 saturated heterocycles. The van der Waals surface area contributed by atoms with E-state index in [2.05, 4.69) is 17.9 Å². The molecule has 3 aromatic rings. The number of furan rings is 1. The molecule has 0 unspecified atom stereocenters. The molecule has 1 heterocycles. The third-order valence-electron chi connectivity index (χ3n) is 3.35. The van der Waals surface area contributed by atoms with E-state index < -0.39 is 10.8 Å². The van der Waals surface area contributed by atoms with Crippen LogP contribution in [0.15, 0.2) is 70.0 Å². The molecule has 120 valence electrons. The van der Waals surface area contributed by atoms with Gasteiger partial charge in [0.25, 0.3) is 11.6 Å². The van der Waals surface area contributed by atoms with Gasteiger partial charge in [-0.2, -0.15) is 0 Å². The Morgan fingerprint density at radius 3 is 2.50 bits per heavy atom. The minimum absolute atomic E-state index is 0.0553. The largest absolute Gasteiger partial charge is 0.451 e. The van der Waals surface area contributed by atoms with E-state index in [0.717, 1.165) is 0 Å². The fraction of sp³-hybridized carbons (Fsp3) is 0. The number of rotatable bonds is 4. The molecule has 0 radical (unpaired) electrons. The number of hydrogen-bond donors (Lipinski definition) is 2. The molecule has 0 spiro atoms. The molecule has 0 atom stereocenters. The van der Waals surface area contributed by atoms with Crippen LogP contribution in [-0.4, -0.2) is 10.8 Å². The summed E-state index contributed by atoms with van der Waals surface area (Å²) >= 11 is 4.26. The molecule has 1 N–H and O–H groups in total. The first-order chi connectivity index (χ1) is 11.6. The molecule has 1 aromatic heterocycles. The van der Waals surface area contributed by atoms with Crippen molar-refractivity contribution in [2.24, 2.45) is 0 Å². The molecule has 2 aromatic carbocycles. The summed E-state index contributed by atoms with van der Waals surface area (Å²) in [6, 6.07) is 16.2. The Morgan fingerprint density at radius 1 is 1.04 bits per heavy atom. The van der Waals surface area contributed by atoms with Gasteiger partial charge in [-0.15, -0.1) is 12.6 Å². The number of amides is 1. The van der Waals surface area contributed by atoms with Crippen molar-refractivity contribution in [2.75, 3.05) is 5.32 Å². The molecular formula is C17H12N2O4S. The zero-order valence-electron chi connectivity index (χ0n) is 12.3. The van der Waals surface area contributed by atoms with Crippen molar-refractivity contribution in [1.82, 2.24) is 0 Å². The summed E-state index contributed by atoms with van der Waals surface area (Å²) in [6.45, 7) is 0. The number of nitro benzene ring substituents is 1. The van der Waals surface area contributed by atoms with Crippen molar-refractivity contribution in [3.05, 3.63) is 76.5 Å². The maximum Gasteiger partial charge on any atom is 0.291 e. The van der Waals surface area contributed by atoms with E-state index in [1.54, 1.807) is 42.5 Å². The van der Waals surface area contributed by atoms with Gasteiger partial charge in [-0.05, 0) is 30.3 Å². The Bertz CT molecular complexity index is 920. The van der Waals surface area contributed by atoms with Crippen LogP contribution in [-0.2, 0) is 0 Å². The van der Waals surface area contributed by atoms with Gasteiger partial charge in [-0.3, -0.25) is 14.9 Å². The van der Waals surface area contributed by atoms with Gasteiger partial charge in [0.15, 0.2) is 5.76 Å². The van der Waals surface area contributed by atoms with Crippen LogP contribution in [0.3, 0.4) is 0 Å². The van der Waals surface area contributed by atoms with Crippen molar-refractivity contribution in [2.45, 2.75) is 4.90 Å². The van der Waals surface area contributed by atoms with E-state index in [1.807, 2.05) is 0 Å². The normalized spacial score (nSPS) is 10.4. The maximum atomic E-state index is 12.3. The maximum absolute atomic E-state index is 12.3. The lowest BCUT2D eigenvalue weighted by atomic mass is 10.1. The number of para-hydroxylation sites is 2. The summed E-state index contributed by atoms with van der Waals surface area (Å²) in [5, 5.41) is 13.8. The van der Waals surface area contributed by atoms with Crippen LogP contribution in [0, 0.1) is 10.1 Å². The Kier molecular flexibility index (Phi) is 4.35. The number of carbonyl (C=O) groups excluding carboxylic acids is 1. The smallest absolute Gasteiger partial charge is 0.291 e. The van der Waals surface area contributed by atoms with Crippen LogP contribution in [0.5, 0.6) is 0 Å². The van der Waals surface area contributed by atoms with Crippen molar-refractivity contribution < 1.29 is 14.1 Å². The third-order valence-corrected chi connectivity index (χ3v) is 3.74. The average molecular weight is 340 g/mol. The van der Waals surface area contributed by atoms with Gasteiger partial charge in [0.1, 0.15) is 5.76 Å². The van der Waals surface area contributed by atoms with Crippen LogP contribution >= 0.6 is 12.6 Å². The number of benzene rings is 2. The minimum atomic E-state index is -0.491. The summed E-state index contributed by atoms with van der Waals surface area (Å²) < 4.78 is 5.49. The van der Waals surface area contributed by atoms with Gasteiger partial charge in [0.2, 0.25) is 0 Å². The highest BCUT2D eigenvalue weighted by Gasteiger charge is 2.19. The fourth-order valence-corrected chi connectivity index (χ4v) is 2.43. The lowest BCUT2D eigenvalue weighted by molar-refractivity contribution is -0.384. The van der Waals surface area contributed by atoms with E-state index in [0.29, 0.717) is 16.1 Å². The second kappa shape index (κ2) is 6.59. The highest BCUT2D eigenvalue weighted by atomic mass is 32.1. The number of hydrogen-bond acceptors (Lipinski definition) is 5. The molecule has 0 saturated carbocycles. The number of nitro groups is 1. The van der Waals surface area contributed by atoms with E-state index in [-0.39, 0.29) is 17.2 Å². The third kappa shape index (κ3) is 3.16. The molecule has 0 aliphatic rings. The zero-order valence-corrected chi connectivity index (χ0v) is 13.2. The molecule has 3 rings (SSSR count). The standard InChI is InChI=1S/C17H12N2O4S/c20-17(18-12-6-2-4-8-16(12)24)15-10-9-14(23-15)11-5-1-3-7-13(11)19(21)22/h1-10,24H,(H,18,20). The van der Waals surface area contributed by atoms with Crippen molar-refractivity contribution >= 4 is 29.9 Å². The SMILES string of the molecule is O=C(Nc1ccccc1S)c1ccc(-c2ccccc2[N+](=O)[O-])o1. The average Bonchev–Trinajstić information content (AvgIpc) is 3.07. The van der Waals surface area contributed by atoms with E-state index in [4.69, 9.17) is 4.42 Å². The van der Waals surface area contributed by atoms with Gasteiger partial charge in [-0.25, -0.2) is 0 Å². The summed E-state index contributed by atoms with van der Waals surface area (Å²) in [5.74, 6) is -0.146. The minimum Gasteiger partial charge on any atom is -0.451 e. The van der Waals surface area contributed by atoms with Gasteiger partial charge in [0.05, 0.1) is 16.2 Å². The summed E-state index contributed by atoms with van der Waals surface area (Å²) in [7, 11) is 0. The first-order valence-electron chi connectivity index (χ1n) is 6.99. The van der Waals surface area contributed by atoms with Crippen LogP contribution in [0.4, 0.5) is 11.4 Å². The first kappa shape index (κ1) is 15.8. The lowest BCUT2D eigenvalue weighted by Crippen LogP contribution is -2.11. The molecule has 6 nitrogen and oxygen atoms in total. The van der Waals surface area contributed by atoms with Crippen molar-refractivity contribution in [1.29, 1.82) is 0 Å². The molecule has 0 bridgehead atoms.